The minimum absolute atomic E-state index is 0.371. The van der Waals surface area contributed by atoms with Crippen LogP contribution in [0.5, 0.6) is 0 Å². The molecule has 0 saturated heterocycles. The fourth-order valence-electron chi connectivity index (χ4n) is 1.10. The van der Waals surface area contributed by atoms with Gasteiger partial charge in [0.1, 0.15) is 29.3 Å². The van der Waals surface area contributed by atoms with Crippen molar-refractivity contribution >= 4 is 17.4 Å². The summed E-state index contributed by atoms with van der Waals surface area (Å²) >= 11 is 0. The predicted octanol–water partition coefficient (Wildman–Crippen LogP) is 0.742. The van der Waals surface area contributed by atoms with Crippen LogP contribution in [-0.2, 0) is 4.74 Å². The lowest BCUT2D eigenvalue weighted by Gasteiger charge is -2.17. The lowest BCUT2D eigenvalue weighted by molar-refractivity contribution is 0.371. The Labute approximate surface area is 83.2 Å². The maximum atomic E-state index is 5.72. The number of nitrogens with zero attached hydrogens (tertiary/aromatic N) is 3. The molecule has 1 aromatic rings. The second-order valence-corrected chi connectivity index (χ2v) is 2.98. The van der Waals surface area contributed by atoms with Crippen molar-refractivity contribution in [3.8, 4) is 0 Å². The molecule has 0 aliphatic rings. The van der Waals surface area contributed by atoms with Crippen LogP contribution in [-0.4, -0.2) is 31.2 Å². The number of hydrogen-bond donors (Lipinski definition) is 1. The molecule has 5 nitrogen and oxygen atoms in total. The number of nitrogens with two attached hydrogens (primary N) is 1. The summed E-state index contributed by atoms with van der Waals surface area (Å²) in [6, 6.07) is 0. The van der Waals surface area contributed by atoms with Gasteiger partial charge in [0.05, 0.1) is 7.11 Å². The highest BCUT2D eigenvalue weighted by molar-refractivity contribution is 5.76. The number of ether oxygens (including phenoxy) is 1. The fraction of sp³-hybridized carbons (Fsp3) is 0.333. The Morgan fingerprint density at radius 1 is 1.50 bits per heavy atom. The molecular weight excluding hydrogens is 180 g/mol. The Balaban J connectivity index is 3.29. The van der Waals surface area contributed by atoms with Gasteiger partial charge >= 0.3 is 0 Å². The number of rotatable bonds is 3. The van der Waals surface area contributed by atoms with Crippen molar-refractivity contribution in [3.63, 3.8) is 0 Å². The molecule has 0 spiro atoms. The van der Waals surface area contributed by atoms with Crippen molar-refractivity contribution in [2.24, 2.45) is 0 Å². The molecule has 0 aliphatic heterocycles. The van der Waals surface area contributed by atoms with E-state index in [2.05, 4.69) is 16.5 Å². The molecular formula is C9H14N4O. The van der Waals surface area contributed by atoms with Gasteiger partial charge < -0.3 is 15.4 Å². The largest absolute Gasteiger partial charge is 0.496 e. The Hall–Kier alpha value is -1.78. The maximum Gasteiger partial charge on any atom is 0.144 e. The SMILES string of the molecule is C=C(OC)c1c(N)ncnc1N(C)C. The Bertz CT molecular complexity index is 349. The minimum Gasteiger partial charge on any atom is -0.496 e. The molecule has 0 radical (unpaired) electrons. The molecule has 76 valence electrons. The first-order chi connectivity index (χ1) is 6.57. The van der Waals surface area contributed by atoms with E-state index in [-0.39, 0.29) is 0 Å². The second kappa shape index (κ2) is 3.95. The zero-order valence-corrected chi connectivity index (χ0v) is 8.61. The summed E-state index contributed by atoms with van der Waals surface area (Å²) in [6.07, 6.45) is 1.41. The average molecular weight is 194 g/mol. The number of hydrogen-bond acceptors (Lipinski definition) is 5. The molecule has 0 bridgehead atoms. The molecule has 0 unspecified atom stereocenters. The molecule has 0 atom stereocenters. The molecule has 0 amide bonds. The molecule has 2 N–H and O–H groups in total. The third-order valence-corrected chi connectivity index (χ3v) is 1.81. The van der Waals surface area contributed by atoms with Crippen LogP contribution in [0.2, 0.25) is 0 Å². The van der Waals surface area contributed by atoms with E-state index in [9.17, 15) is 0 Å². The first-order valence-corrected chi connectivity index (χ1v) is 4.09. The van der Waals surface area contributed by atoms with Crippen LogP contribution in [0.25, 0.3) is 5.76 Å². The fourth-order valence-corrected chi connectivity index (χ4v) is 1.10. The standard InChI is InChI=1S/C9H14N4O/c1-6(14-4)7-8(10)11-5-12-9(7)13(2)3/h5H,1H2,2-4H3,(H2,10,11,12). The van der Waals surface area contributed by atoms with Crippen molar-refractivity contribution in [2.45, 2.75) is 0 Å². The highest BCUT2D eigenvalue weighted by Crippen LogP contribution is 2.26. The quantitative estimate of drug-likeness (QED) is 0.719. The van der Waals surface area contributed by atoms with Crippen LogP contribution in [0.3, 0.4) is 0 Å². The minimum atomic E-state index is 0.371. The molecule has 0 fully saturated rings. The first-order valence-electron chi connectivity index (χ1n) is 4.09. The van der Waals surface area contributed by atoms with Gasteiger partial charge in [-0.25, -0.2) is 9.97 Å². The summed E-state index contributed by atoms with van der Waals surface area (Å²) in [5.74, 6) is 1.53. The van der Waals surface area contributed by atoms with Crippen molar-refractivity contribution in [2.75, 3.05) is 31.8 Å². The molecule has 0 saturated carbocycles. The predicted molar refractivity (Wildman–Crippen MR) is 56.8 cm³/mol. The Kier molecular flexibility index (Phi) is 2.91. The zero-order valence-electron chi connectivity index (χ0n) is 8.61. The number of nitrogen functional groups attached to an aromatic ring is 1. The lowest BCUT2D eigenvalue weighted by atomic mass is 10.2. The topological polar surface area (TPSA) is 64.3 Å². The molecule has 5 heteroatoms. The summed E-state index contributed by atoms with van der Waals surface area (Å²) in [5.41, 5.74) is 6.36. The van der Waals surface area contributed by atoms with Crippen LogP contribution in [0, 0.1) is 0 Å². The van der Waals surface area contributed by atoms with Gasteiger partial charge in [-0.3, -0.25) is 0 Å². The van der Waals surface area contributed by atoms with E-state index in [4.69, 9.17) is 10.5 Å². The van der Waals surface area contributed by atoms with E-state index in [1.54, 1.807) is 0 Å². The molecule has 0 aliphatic carbocycles. The van der Waals surface area contributed by atoms with Crippen molar-refractivity contribution < 1.29 is 4.74 Å². The van der Waals surface area contributed by atoms with Crippen LogP contribution in [0.1, 0.15) is 5.56 Å². The van der Waals surface area contributed by atoms with E-state index in [1.165, 1.54) is 13.4 Å². The van der Waals surface area contributed by atoms with Gasteiger partial charge in [-0.2, -0.15) is 0 Å². The van der Waals surface area contributed by atoms with Crippen LogP contribution in [0.4, 0.5) is 11.6 Å². The number of methoxy groups -OCH3 is 1. The average Bonchev–Trinajstić information content (AvgIpc) is 2.16. The van der Waals surface area contributed by atoms with Gasteiger partial charge in [-0.1, -0.05) is 6.58 Å². The zero-order chi connectivity index (χ0) is 10.7. The van der Waals surface area contributed by atoms with Crippen molar-refractivity contribution in [3.05, 3.63) is 18.5 Å². The van der Waals surface area contributed by atoms with Crippen LogP contribution >= 0.6 is 0 Å². The Morgan fingerprint density at radius 2 is 2.14 bits per heavy atom. The van der Waals surface area contributed by atoms with Crippen LogP contribution in [0.15, 0.2) is 12.9 Å². The van der Waals surface area contributed by atoms with Crippen LogP contribution < -0.4 is 10.6 Å². The monoisotopic (exact) mass is 194 g/mol. The van der Waals surface area contributed by atoms with E-state index in [0.717, 1.165) is 0 Å². The second-order valence-electron chi connectivity index (χ2n) is 2.98. The highest BCUT2D eigenvalue weighted by Gasteiger charge is 2.14. The normalized spacial score (nSPS) is 9.64. The van der Waals surface area contributed by atoms with Gasteiger partial charge in [0.2, 0.25) is 0 Å². The summed E-state index contributed by atoms with van der Waals surface area (Å²) in [4.78, 5) is 9.82. The Morgan fingerprint density at radius 3 is 2.64 bits per heavy atom. The lowest BCUT2D eigenvalue weighted by Crippen LogP contribution is -2.15. The van der Waals surface area contributed by atoms with Gasteiger partial charge in [-0.15, -0.1) is 0 Å². The third-order valence-electron chi connectivity index (χ3n) is 1.81. The first kappa shape index (κ1) is 10.3. The van der Waals surface area contributed by atoms with Gasteiger partial charge in [-0.05, 0) is 0 Å². The van der Waals surface area contributed by atoms with Crippen molar-refractivity contribution in [1.82, 2.24) is 9.97 Å². The molecule has 1 heterocycles. The third kappa shape index (κ3) is 1.76. The van der Waals surface area contributed by atoms with Gasteiger partial charge in [0.25, 0.3) is 0 Å². The summed E-state index contributed by atoms with van der Waals surface area (Å²) in [7, 11) is 5.27. The van der Waals surface area contributed by atoms with E-state index in [0.29, 0.717) is 23.0 Å². The summed E-state index contributed by atoms with van der Waals surface area (Å²) in [5, 5.41) is 0. The van der Waals surface area contributed by atoms with Gasteiger partial charge in [0, 0.05) is 14.1 Å². The van der Waals surface area contributed by atoms with E-state index < -0.39 is 0 Å². The van der Waals surface area contributed by atoms with Gasteiger partial charge in [0.15, 0.2) is 0 Å². The molecule has 1 aromatic heterocycles. The van der Waals surface area contributed by atoms with E-state index >= 15 is 0 Å². The number of anilines is 2. The number of aromatic nitrogens is 2. The molecule has 0 aromatic carbocycles. The summed E-state index contributed by atoms with van der Waals surface area (Å²) in [6.45, 7) is 3.74. The molecule has 14 heavy (non-hydrogen) atoms. The van der Waals surface area contributed by atoms with E-state index in [1.807, 2.05) is 19.0 Å². The molecule has 1 rings (SSSR count). The highest BCUT2D eigenvalue weighted by atomic mass is 16.5. The smallest absolute Gasteiger partial charge is 0.144 e. The van der Waals surface area contributed by atoms with Crippen molar-refractivity contribution in [1.29, 1.82) is 0 Å². The summed E-state index contributed by atoms with van der Waals surface area (Å²) < 4.78 is 5.03. The maximum absolute atomic E-state index is 5.72.